The summed E-state index contributed by atoms with van der Waals surface area (Å²) in [5.74, 6) is 1.11. The molecule has 1 aromatic carbocycles. The highest BCUT2D eigenvalue weighted by molar-refractivity contribution is 7.99. The Bertz CT molecular complexity index is 522. The second-order valence-electron chi connectivity index (χ2n) is 4.52. The van der Waals surface area contributed by atoms with E-state index < -0.39 is 0 Å². The van der Waals surface area contributed by atoms with Crippen molar-refractivity contribution in [3.8, 4) is 0 Å². The molecular weight excluding hydrogens is 306 g/mol. The average molecular weight is 326 g/mol. The van der Waals surface area contributed by atoms with E-state index in [0.717, 1.165) is 23.1 Å². The van der Waals surface area contributed by atoms with Gasteiger partial charge in [0.1, 0.15) is 0 Å². The molecule has 0 bridgehead atoms. The summed E-state index contributed by atoms with van der Waals surface area (Å²) in [7, 11) is 0. The first-order chi connectivity index (χ1) is 9.72. The van der Waals surface area contributed by atoms with Gasteiger partial charge in [0, 0.05) is 22.2 Å². The lowest BCUT2D eigenvalue weighted by atomic mass is 10.0. The highest BCUT2D eigenvalue weighted by atomic mass is 35.5. The van der Waals surface area contributed by atoms with Gasteiger partial charge < -0.3 is 5.32 Å². The van der Waals surface area contributed by atoms with E-state index in [0.29, 0.717) is 6.04 Å². The van der Waals surface area contributed by atoms with E-state index in [1.165, 1.54) is 15.3 Å². The number of hydrogen-bond acceptors (Lipinski definition) is 3. The molecule has 0 spiro atoms. The summed E-state index contributed by atoms with van der Waals surface area (Å²) in [5.41, 5.74) is 1.34. The molecule has 0 aliphatic heterocycles. The molecule has 0 saturated carbocycles. The predicted octanol–water partition coefficient (Wildman–Crippen LogP) is 5.41. The van der Waals surface area contributed by atoms with E-state index in [-0.39, 0.29) is 0 Å². The molecule has 0 aliphatic rings. The number of likely N-dealkylation sites (N-methyl/N-ethyl adjacent to an activating group) is 1. The molecule has 4 heteroatoms. The molecule has 0 saturated heterocycles. The third kappa shape index (κ3) is 4.52. The van der Waals surface area contributed by atoms with Gasteiger partial charge in [0.15, 0.2) is 0 Å². The Morgan fingerprint density at radius 1 is 1.15 bits per heavy atom. The van der Waals surface area contributed by atoms with Gasteiger partial charge in [0.05, 0.1) is 4.34 Å². The van der Waals surface area contributed by atoms with Crippen molar-refractivity contribution < 1.29 is 0 Å². The molecule has 0 fully saturated rings. The Balaban J connectivity index is 2.10. The minimum absolute atomic E-state index is 0.357. The van der Waals surface area contributed by atoms with Crippen LogP contribution in [0.15, 0.2) is 41.3 Å². The Morgan fingerprint density at radius 2 is 1.90 bits per heavy atom. The van der Waals surface area contributed by atoms with Gasteiger partial charge in [0.25, 0.3) is 0 Å². The van der Waals surface area contributed by atoms with E-state index in [1.54, 1.807) is 11.3 Å². The van der Waals surface area contributed by atoms with Crippen LogP contribution in [0, 0.1) is 0 Å². The Morgan fingerprint density at radius 3 is 2.45 bits per heavy atom. The molecule has 0 amide bonds. The third-order valence-electron chi connectivity index (χ3n) is 3.08. The normalized spacial score (nSPS) is 12.6. The third-order valence-corrected chi connectivity index (χ3v) is 5.23. The lowest BCUT2D eigenvalue weighted by molar-refractivity contribution is 0.553. The summed E-state index contributed by atoms with van der Waals surface area (Å²) in [6.45, 7) is 5.30. The highest BCUT2D eigenvalue weighted by Gasteiger charge is 2.12. The summed E-state index contributed by atoms with van der Waals surface area (Å²) in [6.07, 6.45) is 0.992. The van der Waals surface area contributed by atoms with Gasteiger partial charge in [-0.15, -0.1) is 23.1 Å². The minimum atomic E-state index is 0.357. The summed E-state index contributed by atoms with van der Waals surface area (Å²) in [5, 5.41) is 3.56. The molecule has 108 valence electrons. The van der Waals surface area contributed by atoms with Gasteiger partial charge in [-0.1, -0.05) is 37.6 Å². The second kappa shape index (κ2) is 8.08. The number of halogens is 1. The van der Waals surface area contributed by atoms with Gasteiger partial charge in [-0.25, -0.2) is 0 Å². The number of hydrogen-bond donors (Lipinski definition) is 1. The van der Waals surface area contributed by atoms with Crippen molar-refractivity contribution in [1.82, 2.24) is 5.32 Å². The fourth-order valence-corrected chi connectivity index (χ4v) is 3.97. The lowest BCUT2D eigenvalue weighted by Crippen LogP contribution is -2.22. The molecule has 1 atom stereocenters. The highest BCUT2D eigenvalue weighted by Crippen LogP contribution is 2.27. The standard InChI is InChI=1S/C16H20ClNS2/c1-3-18-15(11-14-9-10-16(17)20-14)12-5-7-13(8-6-12)19-4-2/h5-10,15,18H,3-4,11H2,1-2H3. The van der Waals surface area contributed by atoms with Crippen molar-refractivity contribution in [2.24, 2.45) is 0 Å². The minimum Gasteiger partial charge on any atom is -0.310 e. The molecule has 1 heterocycles. The van der Waals surface area contributed by atoms with E-state index >= 15 is 0 Å². The zero-order valence-electron chi connectivity index (χ0n) is 11.9. The first-order valence-electron chi connectivity index (χ1n) is 6.93. The summed E-state index contributed by atoms with van der Waals surface area (Å²) < 4.78 is 0.866. The molecule has 1 nitrogen and oxygen atoms in total. The second-order valence-corrected chi connectivity index (χ2v) is 7.66. The number of nitrogens with one attached hydrogen (secondary N) is 1. The van der Waals surface area contributed by atoms with Crippen LogP contribution < -0.4 is 5.32 Å². The van der Waals surface area contributed by atoms with E-state index in [4.69, 9.17) is 11.6 Å². The lowest BCUT2D eigenvalue weighted by Gasteiger charge is -2.18. The largest absolute Gasteiger partial charge is 0.310 e. The maximum atomic E-state index is 6.02. The molecule has 2 aromatic rings. The average Bonchev–Trinajstić information content (AvgIpc) is 2.85. The van der Waals surface area contributed by atoms with Crippen LogP contribution in [0.3, 0.4) is 0 Å². The van der Waals surface area contributed by atoms with Crippen LogP contribution in [0.2, 0.25) is 4.34 Å². The van der Waals surface area contributed by atoms with Crippen LogP contribution in [0.25, 0.3) is 0 Å². The molecule has 20 heavy (non-hydrogen) atoms. The van der Waals surface area contributed by atoms with Crippen LogP contribution >= 0.6 is 34.7 Å². The fraction of sp³-hybridized carbons (Fsp3) is 0.375. The fourth-order valence-electron chi connectivity index (χ4n) is 2.18. The van der Waals surface area contributed by atoms with Crippen molar-refractivity contribution in [3.05, 3.63) is 51.2 Å². The number of thioether (sulfide) groups is 1. The van der Waals surface area contributed by atoms with E-state index in [1.807, 2.05) is 17.8 Å². The van der Waals surface area contributed by atoms with Crippen molar-refractivity contribution >= 4 is 34.7 Å². The van der Waals surface area contributed by atoms with Crippen molar-refractivity contribution in [2.45, 2.75) is 31.2 Å². The predicted molar refractivity (Wildman–Crippen MR) is 92.3 cm³/mol. The SMILES string of the molecule is CCNC(Cc1ccc(Cl)s1)c1ccc(SCC)cc1. The monoisotopic (exact) mass is 325 g/mol. The Kier molecular flexibility index (Phi) is 6.43. The van der Waals surface area contributed by atoms with Crippen LogP contribution in [-0.4, -0.2) is 12.3 Å². The molecule has 1 aromatic heterocycles. The maximum Gasteiger partial charge on any atom is 0.0931 e. The molecule has 2 rings (SSSR count). The van der Waals surface area contributed by atoms with Crippen LogP contribution in [0.4, 0.5) is 0 Å². The molecule has 0 aliphatic carbocycles. The summed E-state index contributed by atoms with van der Waals surface area (Å²) >= 11 is 9.57. The molecule has 1 N–H and O–H groups in total. The summed E-state index contributed by atoms with van der Waals surface area (Å²) in [4.78, 5) is 2.67. The van der Waals surface area contributed by atoms with Gasteiger partial charge in [-0.3, -0.25) is 0 Å². The van der Waals surface area contributed by atoms with Crippen molar-refractivity contribution in [1.29, 1.82) is 0 Å². The number of thiophene rings is 1. The van der Waals surface area contributed by atoms with Crippen LogP contribution in [0.5, 0.6) is 0 Å². The summed E-state index contributed by atoms with van der Waals surface area (Å²) in [6, 6.07) is 13.4. The van der Waals surface area contributed by atoms with Crippen LogP contribution in [-0.2, 0) is 6.42 Å². The van der Waals surface area contributed by atoms with E-state index in [9.17, 15) is 0 Å². The first-order valence-corrected chi connectivity index (χ1v) is 9.11. The topological polar surface area (TPSA) is 12.0 Å². The zero-order valence-corrected chi connectivity index (χ0v) is 14.2. The van der Waals surface area contributed by atoms with Gasteiger partial charge in [-0.2, -0.15) is 0 Å². The van der Waals surface area contributed by atoms with Crippen LogP contribution in [0.1, 0.15) is 30.3 Å². The quantitative estimate of drug-likeness (QED) is 0.683. The van der Waals surface area contributed by atoms with Crippen molar-refractivity contribution in [3.63, 3.8) is 0 Å². The Labute approximate surface area is 134 Å². The van der Waals surface area contributed by atoms with Gasteiger partial charge in [-0.05, 0) is 42.1 Å². The van der Waals surface area contributed by atoms with Gasteiger partial charge >= 0.3 is 0 Å². The van der Waals surface area contributed by atoms with Crippen molar-refractivity contribution in [2.75, 3.05) is 12.3 Å². The number of benzene rings is 1. The van der Waals surface area contributed by atoms with Gasteiger partial charge in [0.2, 0.25) is 0 Å². The van der Waals surface area contributed by atoms with E-state index in [2.05, 4.69) is 49.5 Å². The number of rotatable bonds is 7. The zero-order chi connectivity index (χ0) is 14.4. The molecule has 1 unspecified atom stereocenters. The first kappa shape index (κ1) is 15.9. The Hall–Kier alpha value is -0.480. The molecular formula is C16H20ClNS2. The molecule has 0 radical (unpaired) electrons. The maximum absolute atomic E-state index is 6.02. The smallest absolute Gasteiger partial charge is 0.0931 e.